The lowest BCUT2D eigenvalue weighted by atomic mass is 10.1. The lowest BCUT2D eigenvalue weighted by Gasteiger charge is -2.25. The molecule has 0 spiro atoms. The number of aryl methyl sites for hydroxylation is 1. The molecule has 4 nitrogen and oxygen atoms in total. The molecule has 1 N–H and O–H groups in total. The van der Waals surface area contributed by atoms with E-state index in [1.165, 1.54) is 9.87 Å². The van der Waals surface area contributed by atoms with Crippen molar-refractivity contribution in [1.29, 1.82) is 0 Å². The van der Waals surface area contributed by atoms with E-state index in [0.717, 1.165) is 6.42 Å². The normalized spacial score (nSPS) is 11.8. The van der Waals surface area contributed by atoms with Crippen LogP contribution in [0, 0.1) is 5.92 Å². The van der Waals surface area contributed by atoms with Gasteiger partial charge in [-0.2, -0.15) is 8.42 Å². The lowest BCUT2D eigenvalue weighted by Crippen LogP contribution is -2.34. The topological polar surface area (TPSA) is 53.2 Å². The van der Waals surface area contributed by atoms with E-state index in [1.807, 2.05) is 38.1 Å². The minimum Gasteiger partial charge on any atom is -0.351 e. The standard InChI is InChI=1S/C16H22N2O2S/c1-4-14-7-9-15(10-8-14)18(12-13(2)3)21(19,20)16-6-5-11-17-16/h5-11,13,17H,4,12H2,1-3H3. The Kier molecular flexibility index (Phi) is 4.73. The van der Waals surface area contributed by atoms with Crippen LogP contribution in [-0.4, -0.2) is 19.9 Å². The van der Waals surface area contributed by atoms with Gasteiger partial charge in [0.2, 0.25) is 0 Å². The Morgan fingerprint density at radius 3 is 2.29 bits per heavy atom. The molecule has 5 heteroatoms. The molecule has 2 aromatic rings. The van der Waals surface area contributed by atoms with E-state index in [9.17, 15) is 8.42 Å². The fourth-order valence-corrected chi connectivity index (χ4v) is 3.76. The molecular weight excluding hydrogens is 284 g/mol. The molecule has 0 saturated carbocycles. The Morgan fingerprint density at radius 1 is 1.14 bits per heavy atom. The number of hydrogen-bond acceptors (Lipinski definition) is 2. The van der Waals surface area contributed by atoms with Crippen LogP contribution in [0.1, 0.15) is 26.3 Å². The number of anilines is 1. The number of aromatic amines is 1. The zero-order valence-electron chi connectivity index (χ0n) is 12.7. The maximum Gasteiger partial charge on any atom is 0.279 e. The van der Waals surface area contributed by atoms with Crippen molar-refractivity contribution in [1.82, 2.24) is 4.98 Å². The number of nitrogens with zero attached hydrogens (tertiary/aromatic N) is 1. The van der Waals surface area contributed by atoms with E-state index < -0.39 is 10.0 Å². The van der Waals surface area contributed by atoms with Gasteiger partial charge in [-0.25, -0.2) is 0 Å². The third-order valence-corrected chi connectivity index (χ3v) is 5.05. The quantitative estimate of drug-likeness (QED) is 0.889. The van der Waals surface area contributed by atoms with Crippen molar-refractivity contribution in [3.63, 3.8) is 0 Å². The van der Waals surface area contributed by atoms with E-state index >= 15 is 0 Å². The predicted octanol–water partition coefficient (Wildman–Crippen LogP) is 3.43. The van der Waals surface area contributed by atoms with Gasteiger partial charge in [-0.3, -0.25) is 4.31 Å². The summed E-state index contributed by atoms with van der Waals surface area (Å²) in [5.41, 5.74) is 1.90. The summed E-state index contributed by atoms with van der Waals surface area (Å²) in [4.78, 5) is 2.79. The number of rotatable bonds is 6. The maximum absolute atomic E-state index is 12.8. The number of aromatic nitrogens is 1. The van der Waals surface area contributed by atoms with Gasteiger partial charge < -0.3 is 4.98 Å². The van der Waals surface area contributed by atoms with Crippen LogP contribution in [-0.2, 0) is 16.4 Å². The van der Waals surface area contributed by atoms with E-state index in [2.05, 4.69) is 11.9 Å². The fraction of sp³-hybridized carbons (Fsp3) is 0.375. The molecule has 0 unspecified atom stereocenters. The Balaban J connectivity index is 2.42. The second kappa shape index (κ2) is 6.35. The van der Waals surface area contributed by atoms with Crippen LogP contribution >= 0.6 is 0 Å². The van der Waals surface area contributed by atoms with Crippen molar-refractivity contribution in [2.24, 2.45) is 5.92 Å². The van der Waals surface area contributed by atoms with Gasteiger partial charge in [-0.15, -0.1) is 0 Å². The van der Waals surface area contributed by atoms with Gasteiger partial charge in [0.25, 0.3) is 10.0 Å². The van der Waals surface area contributed by atoms with Crippen LogP contribution < -0.4 is 4.31 Å². The second-order valence-corrected chi connectivity index (χ2v) is 7.32. The summed E-state index contributed by atoms with van der Waals surface area (Å²) in [6.07, 6.45) is 2.56. The average molecular weight is 306 g/mol. The Hall–Kier alpha value is -1.75. The van der Waals surface area contributed by atoms with E-state index in [0.29, 0.717) is 12.2 Å². The van der Waals surface area contributed by atoms with Crippen molar-refractivity contribution < 1.29 is 8.42 Å². The summed E-state index contributed by atoms with van der Waals surface area (Å²) in [5, 5.41) is 0.225. The molecule has 1 aromatic carbocycles. The van der Waals surface area contributed by atoms with E-state index in [1.54, 1.807) is 18.3 Å². The molecule has 0 atom stereocenters. The lowest BCUT2D eigenvalue weighted by molar-refractivity contribution is 0.575. The molecule has 0 radical (unpaired) electrons. The Labute approximate surface area is 126 Å². The Morgan fingerprint density at radius 2 is 1.81 bits per heavy atom. The second-order valence-electron chi connectivity index (χ2n) is 5.48. The monoisotopic (exact) mass is 306 g/mol. The van der Waals surface area contributed by atoms with Gasteiger partial charge in [0, 0.05) is 12.7 Å². The van der Waals surface area contributed by atoms with Crippen LogP contribution in [0.25, 0.3) is 0 Å². The zero-order chi connectivity index (χ0) is 15.5. The molecule has 114 valence electrons. The minimum atomic E-state index is -3.55. The number of benzene rings is 1. The highest BCUT2D eigenvalue weighted by Crippen LogP contribution is 2.24. The minimum absolute atomic E-state index is 0.225. The van der Waals surface area contributed by atoms with Crippen molar-refractivity contribution in [3.8, 4) is 0 Å². The molecule has 0 amide bonds. The van der Waals surface area contributed by atoms with Crippen molar-refractivity contribution in [3.05, 3.63) is 48.2 Å². The first kappa shape index (κ1) is 15.6. The summed E-state index contributed by atoms with van der Waals surface area (Å²) in [5.74, 6) is 0.237. The molecule has 0 saturated heterocycles. The van der Waals surface area contributed by atoms with Crippen LogP contribution in [0.3, 0.4) is 0 Å². The third-order valence-electron chi connectivity index (χ3n) is 3.30. The number of H-pyrrole nitrogens is 1. The van der Waals surface area contributed by atoms with Crippen molar-refractivity contribution in [2.75, 3.05) is 10.8 Å². The maximum atomic E-state index is 12.8. The van der Waals surface area contributed by atoms with Gasteiger partial charge in [-0.1, -0.05) is 32.9 Å². The van der Waals surface area contributed by atoms with Crippen LogP contribution in [0.15, 0.2) is 47.6 Å². The number of sulfonamides is 1. The van der Waals surface area contributed by atoms with Gasteiger partial charge >= 0.3 is 0 Å². The molecule has 1 heterocycles. The van der Waals surface area contributed by atoms with E-state index in [-0.39, 0.29) is 10.9 Å². The Bertz CT molecular complexity index is 659. The number of hydrogen-bond donors (Lipinski definition) is 1. The van der Waals surface area contributed by atoms with Crippen molar-refractivity contribution in [2.45, 2.75) is 32.2 Å². The van der Waals surface area contributed by atoms with Crippen LogP contribution in [0.4, 0.5) is 5.69 Å². The van der Waals surface area contributed by atoms with Gasteiger partial charge in [0.1, 0.15) is 0 Å². The molecule has 0 aliphatic carbocycles. The van der Waals surface area contributed by atoms with Gasteiger partial charge in [0.05, 0.1) is 5.69 Å². The molecule has 0 bridgehead atoms. The molecule has 1 aromatic heterocycles. The molecule has 0 aliphatic heterocycles. The summed E-state index contributed by atoms with van der Waals surface area (Å²) < 4.78 is 27.0. The smallest absolute Gasteiger partial charge is 0.279 e. The van der Waals surface area contributed by atoms with Gasteiger partial charge in [0.15, 0.2) is 5.03 Å². The van der Waals surface area contributed by atoms with Crippen LogP contribution in [0.2, 0.25) is 0 Å². The van der Waals surface area contributed by atoms with Crippen LogP contribution in [0.5, 0.6) is 0 Å². The molecule has 0 aliphatic rings. The first-order valence-electron chi connectivity index (χ1n) is 7.20. The SMILES string of the molecule is CCc1ccc(N(CC(C)C)S(=O)(=O)c2ccc[nH]2)cc1. The average Bonchev–Trinajstić information content (AvgIpc) is 2.99. The summed E-state index contributed by atoms with van der Waals surface area (Å²) >= 11 is 0. The molecular formula is C16H22N2O2S. The fourth-order valence-electron chi connectivity index (χ4n) is 2.16. The van der Waals surface area contributed by atoms with Gasteiger partial charge in [-0.05, 0) is 42.2 Å². The summed E-state index contributed by atoms with van der Waals surface area (Å²) in [7, 11) is -3.55. The summed E-state index contributed by atoms with van der Waals surface area (Å²) in [6.45, 7) is 6.55. The van der Waals surface area contributed by atoms with Crippen molar-refractivity contribution >= 4 is 15.7 Å². The van der Waals surface area contributed by atoms with E-state index in [4.69, 9.17) is 0 Å². The zero-order valence-corrected chi connectivity index (χ0v) is 13.5. The highest BCUT2D eigenvalue weighted by Gasteiger charge is 2.26. The number of nitrogens with one attached hydrogen (secondary N) is 1. The molecule has 21 heavy (non-hydrogen) atoms. The summed E-state index contributed by atoms with van der Waals surface area (Å²) in [6, 6.07) is 11.0. The molecule has 0 fully saturated rings. The molecule has 2 rings (SSSR count). The first-order valence-corrected chi connectivity index (χ1v) is 8.64. The highest BCUT2D eigenvalue weighted by molar-refractivity contribution is 7.92. The largest absolute Gasteiger partial charge is 0.351 e. The highest BCUT2D eigenvalue weighted by atomic mass is 32.2. The first-order chi connectivity index (χ1) is 9.95. The predicted molar refractivity (Wildman–Crippen MR) is 86.0 cm³/mol. The third kappa shape index (κ3) is 3.47.